The highest BCUT2D eigenvalue weighted by molar-refractivity contribution is 5.91. The summed E-state index contributed by atoms with van der Waals surface area (Å²) in [5.41, 5.74) is 2.31. The van der Waals surface area contributed by atoms with Gasteiger partial charge < -0.3 is 14.5 Å². The molecule has 0 aliphatic rings. The van der Waals surface area contributed by atoms with Gasteiger partial charge in [-0.25, -0.2) is 0 Å². The minimum atomic E-state index is -0.259. The summed E-state index contributed by atoms with van der Waals surface area (Å²) >= 11 is 0. The highest BCUT2D eigenvalue weighted by atomic mass is 16.5. The van der Waals surface area contributed by atoms with Gasteiger partial charge in [0.1, 0.15) is 18.1 Å². The summed E-state index contributed by atoms with van der Waals surface area (Å²) in [6.45, 7) is 10.0. The van der Waals surface area contributed by atoms with E-state index in [2.05, 4.69) is 43.3 Å². The molecule has 0 unspecified atom stereocenters. The summed E-state index contributed by atoms with van der Waals surface area (Å²) in [7, 11) is 0. The van der Waals surface area contributed by atoms with E-state index < -0.39 is 0 Å². The van der Waals surface area contributed by atoms with Crippen molar-refractivity contribution < 1.29 is 13.9 Å². The summed E-state index contributed by atoms with van der Waals surface area (Å²) in [6.07, 6.45) is 3.66. The normalized spacial score (nSPS) is 11.4. The summed E-state index contributed by atoms with van der Waals surface area (Å²) in [5.74, 6) is 1.38. The number of hydrogen-bond donors (Lipinski definition) is 1. The number of hydrogen-bond acceptors (Lipinski definition) is 4. The fourth-order valence-electron chi connectivity index (χ4n) is 2.72. The van der Waals surface area contributed by atoms with Gasteiger partial charge >= 0.3 is 0 Å². The Morgan fingerprint density at radius 1 is 1.18 bits per heavy atom. The van der Waals surface area contributed by atoms with E-state index in [1.54, 1.807) is 18.3 Å². The van der Waals surface area contributed by atoms with Crippen LogP contribution in [0.25, 0.3) is 0 Å². The molecule has 1 amide bonds. The molecule has 6 nitrogen and oxygen atoms in total. The largest absolute Gasteiger partial charge is 0.486 e. The SMILES string of the molecule is CCn1cc(CNC(=O)c2ccc(COc3ccc(C(C)(C)C)cc3)o2)cn1. The van der Waals surface area contributed by atoms with Crippen molar-refractivity contribution in [2.24, 2.45) is 0 Å². The van der Waals surface area contributed by atoms with Gasteiger partial charge in [0.2, 0.25) is 0 Å². The number of furan rings is 1. The van der Waals surface area contributed by atoms with E-state index in [4.69, 9.17) is 9.15 Å². The van der Waals surface area contributed by atoms with Gasteiger partial charge in [-0.15, -0.1) is 0 Å². The zero-order valence-corrected chi connectivity index (χ0v) is 16.9. The molecule has 3 aromatic rings. The van der Waals surface area contributed by atoms with Gasteiger partial charge in [0.25, 0.3) is 5.91 Å². The molecule has 0 spiro atoms. The van der Waals surface area contributed by atoms with Crippen molar-refractivity contribution in [2.45, 2.75) is 52.8 Å². The number of nitrogens with one attached hydrogen (secondary N) is 1. The lowest BCUT2D eigenvalue weighted by atomic mass is 9.87. The fraction of sp³-hybridized carbons (Fsp3) is 0.364. The maximum Gasteiger partial charge on any atom is 0.287 e. The summed E-state index contributed by atoms with van der Waals surface area (Å²) in [6, 6.07) is 11.5. The number of nitrogens with zero attached hydrogens (tertiary/aromatic N) is 2. The Morgan fingerprint density at radius 3 is 2.57 bits per heavy atom. The lowest BCUT2D eigenvalue weighted by Crippen LogP contribution is -2.22. The van der Waals surface area contributed by atoms with Crippen molar-refractivity contribution in [1.29, 1.82) is 0 Å². The second-order valence-corrected chi connectivity index (χ2v) is 7.72. The standard InChI is InChI=1S/C22H27N3O3/c1-5-25-14-16(13-24-25)12-23-21(26)20-11-10-19(28-20)15-27-18-8-6-17(7-9-18)22(2,3)4/h6-11,13-14H,5,12,15H2,1-4H3,(H,23,26). The van der Waals surface area contributed by atoms with Crippen LogP contribution in [0.3, 0.4) is 0 Å². The van der Waals surface area contributed by atoms with Crippen LogP contribution in [-0.4, -0.2) is 15.7 Å². The van der Waals surface area contributed by atoms with Crippen LogP contribution in [0, 0.1) is 0 Å². The third kappa shape index (κ3) is 5.03. The van der Waals surface area contributed by atoms with E-state index >= 15 is 0 Å². The molecule has 0 fully saturated rings. The Morgan fingerprint density at radius 2 is 1.93 bits per heavy atom. The summed E-state index contributed by atoms with van der Waals surface area (Å²) < 4.78 is 13.2. The predicted octanol–water partition coefficient (Wildman–Crippen LogP) is 4.30. The molecular weight excluding hydrogens is 354 g/mol. The van der Waals surface area contributed by atoms with Gasteiger partial charge in [0.05, 0.1) is 6.20 Å². The van der Waals surface area contributed by atoms with Crippen molar-refractivity contribution in [3.05, 3.63) is 71.4 Å². The van der Waals surface area contributed by atoms with Crippen LogP contribution in [-0.2, 0) is 25.1 Å². The molecule has 0 saturated carbocycles. The molecule has 0 atom stereocenters. The minimum absolute atomic E-state index is 0.108. The lowest BCUT2D eigenvalue weighted by Gasteiger charge is -2.19. The summed E-state index contributed by atoms with van der Waals surface area (Å²) in [4.78, 5) is 12.2. The number of carbonyl (C=O) groups excluding carboxylic acids is 1. The fourth-order valence-corrected chi connectivity index (χ4v) is 2.72. The Balaban J connectivity index is 1.51. The highest BCUT2D eigenvalue weighted by Crippen LogP contribution is 2.24. The van der Waals surface area contributed by atoms with Crippen LogP contribution >= 0.6 is 0 Å². The average Bonchev–Trinajstić information content (AvgIpc) is 3.33. The topological polar surface area (TPSA) is 69.3 Å². The Bertz CT molecular complexity index is 917. The van der Waals surface area contributed by atoms with E-state index in [0.717, 1.165) is 17.9 Å². The first kappa shape index (κ1) is 19.7. The van der Waals surface area contributed by atoms with Gasteiger partial charge in [-0.1, -0.05) is 32.9 Å². The van der Waals surface area contributed by atoms with Crippen molar-refractivity contribution in [3.63, 3.8) is 0 Å². The third-order valence-electron chi connectivity index (χ3n) is 4.45. The maximum absolute atomic E-state index is 12.2. The molecule has 0 radical (unpaired) electrons. The Hall–Kier alpha value is -3.02. The summed E-state index contributed by atoms with van der Waals surface area (Å²) in [5, 5.41) is 7.02. The van der Waals surface area contributed by atoms with E-state index in [-0.39, 0.29) is 23.7 Å². The molecule has 1 N–H and O–H groups in total. The van der Waals surface area contributed by atoms with Gasteiger partial charge in [-0.05, 0) is 42.2 Å². The first-order chi connectivity index (χ1) is 13.3. The molecule has 148 valence electrons. The zero-order valence-electron chi connectivity index (χ0n) is 16.9. The molecular formula is C22H27N3O3. The van der Waals surface area contributed by atoms with Crippen LogP contribution in [0.15, 0.2) is 53.2 Å². The number of carbonyl (C=O) groups is 1. The zero-order chi connectivity index (χ0) is 20.1. The van der Waals surface area contributed by atoms with Crippen molar-refractivity contribution in [2.75, 3.05) is 0 Å². The molecule has 0 saturated heterocycles. The second-order valence-electron chi connectivity index (χ2n) is 7.72. The molecule has 6 heteroatoms. The maximum atomic E-state index is 12.2. The van der Waals surface area contributed by atoms with Crippen molar-refractivity contribution in [1.82, 2.24) is 15.1 Å². The number of benzene rings is 1. The first-order valence-corrected chi connectivity index (χ1v) is 9.46. The van der Waals surface area contributed by atoms with Gasteiger partial charge in [-0.3, -0.25) is 9.48 Å². The Labute approximate surface area is 165 Å². The van der Waals surface area contributed by atoms with Crippen molar-refractivity contribution in [3.8, 4) is 5.75 Å². The molecule has 3 rings (SSSR count). The quantitative estimate of drug-likeness (QED) is 0.662. The molecule has 0 bridgehead atoms. The van der Waals surface area contributed by atoms with E-state index in [0.29, 0.717) is 12.3 Å². The molecule has 0 aliphatic carbocycles. The van der Waals surface area contributed by atoms with Crippen molar-refractivity contribution >= 4 is 5.91 Å². The number of ether oxygens (including phenoxy) is 1. The van der Waals surface area contributed by atoms with Gasteiger partial charge in [-0.2, -0.15) is 5.10 Å². The van der Waals surface area contributed by atoms with Gasteiger partial charge in [0, 0.05) is 24.8 Å². The third-order valence-corrected chi connectivity index (χ3v) is 4.45. The molecule has 28 heavy (non-hydrogen) atoms. The molecule has 2 aromatic heterocycles. The van der Waals surface area contributed by atoms with Crippen LogP contribution in [0.5, 0.6) is 5.75 Å². The highest BCUT2D eigenvalue weighted by Gasteiger charge is 2.14. The van der Waals surface area contributed by atoms with Crippen LogP contribution in [0.1, 0.15) is 55.1 Å². The number of aryl methyl sites for hydroxylation is 1. The van der Waals surface area contributed by atoms with Crippen LogP contribution in [0.4, 0.5) is 0 Å². The van der Waals surface area contributed by atoms with E-state index in [9.17, 15) is 4.79 Å². The number of amides is 1. The van der Waals surface area contributed by atoms with Crippen LogP contribution < -0.4 is 10.1 Å². The smallest absolute Gasteiger partial charge is 0.287 e. The lowest BCUT2D eigenvalue weighted by molar-refractivity contribution is 0.0919. The first-order valence-electron chi connectivity index (χ1n) is 9.46. The van der Waals surface area contributed by atoms with Crippen LogP contribution in [0.2, 0.25) is 0 Å². The monoisotopic (exact) mass is 381 g/mol. The van der Waals surface area contributed by atoms with E-state index in [1.165, 1.54) is 5.56 Å². The predicted molar refractivity (Wildman–Crippen MR) is 107 cm³/mol. The second kappa shape index (κ2) is 8.33. The molecule has 1 aromatic carbocycles. The average molecular weight is 381 g/mol. The number of aromatic nitrogens is 2. The molecule has 0 aliphatic heterocycles. The van der Waals surface area contributed by atoms with E-state index in [1.807, 2.05) is 29.9 Å². The number of rotatable bonds is 7. The van der Waals surface area contributed by atoms with Gasteiger partial charge in [0.15, 0.2) is 5.76 Å². The Kier molecular flexibility index (Phi) is 5.87. The molecule has 2 heterocycles. The minimum Gasteiger partial charge on any atom is -0.486 e.